The van der Waals surface area contributed by atoms with Gasteiger partial charge >= 0.3 is 0 Å². The maximum Gasteiger partial charge on any atom is 0.0951 e. The topological polar surface area (TPSA) is 50.9 Å². The minimum atomic E-state index is 0.710. The molecule has 0 amide bonds. The third kappa shape index (κ3) is 2.43. The maximum absolute atomic E-state index is 5.96. The van der Waals surface area contributed by atoms with Crippen LogP contribution in [0.2, 0.25) is 0 Å². The number of benzene rings is 2. The highest BCUT2D eigenvalue weighted by Gasteiger charge is 2.03. The fraction of sp³-hybridized carbons (Fsp3) is 0.118. The zero-order valence-corrected chi connectivity index (χ0v) is 11.4. The molecule has 0 unspecified atom stereocenters. The van der Waals surface area contributed by atoms with E-state index in [1.54, 1.807) is 6.20 Å². The van der Waals surface area contributed by atoms with Crippen molar-refractivity contribution in [1.82, 2.24) is 4.98 Å². The van der Waals surface area contributed by atoms with E-state index in [0.29, 0.717) is 5.69 Å². The van der Waals surface area contributed by atoms with E-state index in [9.17, 15) is 0 Å². The Morgan fingerprint density at radius 3 is 2.65 bits per heavy atom. The average molecular weight is 263 g/mol. The molecule has 0 aliphatic carbocycles. The third-order valence-electron chi connectivity index (χ3n) is 3.41. The van der Waals surface area contributed by atoms with Gasteiger partial charge in [0, 0.05) is 23.8 Å². The van der Waals surface area contributed by atoms with Gasteiger partial charge in [0.25, 0.3) is 0 Å². The van der Waals surface area contributed by atoms with Gasteiger partial charge in [-0.05, 0) is 24.6 Å². The Bertz CT molecular complexity index is 733. The molecular weight excluding hydrogens is 246 g/mol. The number of nitrogens with zero attached hydrogens (tertiary/aromatic N) is 1. The Morgan fingerprint density at radius 2 is 1.85 bits per heavy atom. The number of nitrogens with two attached hydrogens (primary N) is 1. The summed E-state index contributed by atoms with van der Waals surface area (Å²) in [6.45, 7) is 2.88. The second-order valence-electron chi connectivity index (χ2n) is 4.94. The van der Waals surface area contributed by atoms with Gasteiger partial charge in [-0.2, -0.15) is 0 Å². The summed E-state index contributed by atoms with van der Waals surface area (Å²) < 4.78 is 0. The first-order valence-electron chi connectivity index (χ1n) is 6.66. The number of hydrogen-bond donors (Lipinski definition) is 2. The van der Waals surface area contributed by atoms with Crippen LogP contribution in [-0.4, -0.2) is 4.98 Å². The van der Waals surface area contributed by atoms with E-state index in [1.165, 1.54) is 11.1 Å². The summed E-state index contributed by atoms with van der Waals surface area (Å²) in [6.07, 6.45) is 1.79. The predicted molar refractivity (Wildman–Crippen MR) is 84.7 cm³/mol. The molecule has 100 valence electrons. The summed E-state index contributed by atoms with van der Waals surface area (Å²) in [5, 5.41) is 4.51. The van der Waals surface area contributed by atoms with E-state index >= 15 is 0 Å². The van der Waals surface area contributed by atoms with E-state index in [2.05, 4.69) is 41.5 Å². The molecule has 0 fully saturated rings. The molecular formula is C17H17N3. The molecule has 0 aliphatic rings. The van der Waals surface area contributed by atoms with E-state index in [0.717, 1.165) is 23.1 Å². The van der Waals surface area contributed by atoms with Crippen molar-refractivity contribution in [2.75, 3.05) is 11.1 Å². The molecule has 0 aliphatic heterocycles. The number of hydrogen-bond acceptors (Lipinski definition) is 3. The summed E-state index contributed by atoms with van der Waals surface area (Å²) in [5.41, 5.74) is 11.1. The van der Waals surface area contributed by atoms with Crippen LogP contribution in [0.4, 0.5) is 11.4 Å². The number of rotatable bonds is 3. The van der Waals surface area contributed by atoms with Crippen LogP contribution in [0.15, 0.2) is 54.7 Å². The number of pyridine rings is 1. The summed E-state index contributed by atoms with van der Waals surface area (Å²) in [6, 6.07) is 16.4. The molecule has 2 aromatic carbocycles. The molecule has 3 aromatic rings. The van der Waals surface area contributed by atoms with Crippen molar-refractivity contribution in [3.63, 3.8) is 0 Å². The van der Waals surface area contributed by atoms with Gasteiger partial charge in [-0.3, -0.25) is 4.98 Å². The molecule has 20 heavy (non-hydrogen) atoms. The number of anilines is 2. The van der Waals surface area contributed by atoms with Gasteiger partial charge in [0.15, 0.2) is 0 Å². The second-order valence-corrected chi connectivity index (χ2v) is 4.94. The van der Waals surface area contributed by atoms with Crippen molar-refractivity contribution < 1.29 is 0 Å². The second kappa shape index (κ2) is 5.21. The molecule has 0 saturated heterocycles. The molecule has 1 heterocycles. The molecule has 3 nitrogen and oxygen atoms in total. The van der Waals surface area contributed by atoms with E-state index in [-0.39, 0.29) is 0 Å². The van der Waals surface area contributed by atoms with Crippen molar-refractivity contribution in [2.45, 2.75) is 13.5 Å². The van der Waals surface area contributed by atoms with Crippen LogP contribution < -0.4 is 11.1 Å². The lowest BCUT2D eigenvalue weighted by Gasteiger charge is -2.10. The Balaban J connectivity index is 1.88. The normalized spacial score (nSPS) is 10.7. The van der Waals surface area contributed by atoms with Crippen LogP contribution in [-0.2, 0) is 6.54 Å². The molecule has 1 aromatic heterocycles. The summed E-state index contributed by atoms with van der Waals surface area (Å²) >= 11 is 0. The average Bonchev–Trinajstić information content (AvgIpc) is 2.47. The highest BCUT2D eigenvalue weighted by Crippen LogP contribution is 2.25. The Kier molecular flexibility index (Phi) is 3.25. The van der Waals surface area contributed by atoms with Crippen LogP contribution in [0.3, 0.4) is 0 Å². The van der Waals surface area contributed by atoms with Crippen LogP contribution >= 0.6 is 0 Å². The first-order valence-corrected chi connectivity index (χ1v) is 6.66. The van der Waals surface area contributed by atoms with Gasteiger partial charge in [0.2, 0.25) is 0 Å². The van der Waals surface area contributed by atoms with Crippen molar-refractivity contribution in [3.8, 4) is 0 Å². The SMILES string of the molecule is Cc1ccc(CNc2ccnc3c(N)cccc23)cc1. The number of para-hydroxylation sites is 1. The van der Waals surface area contributed by atoms with Crippen molar-refractivity contribution in [1.29, 1.82) is 0 Å². The zero-order chi connectivity index (χ0) is 13.9. The molecule has 0 atom stereocenters. The van der Waals surface area contributed by atoms with Crippen LogP contribution in [0.25, 0.3) is 10.9 Å². The van der Waals surface area contributed by atoms with E-state index in [1.807, 2.05) is 24.3 Å². The highest BCUT2D eigenvalue weighted by atomic mass is 14.9. The quantitative estimate of drug-likeness (QED) is 0.708. The molecule has 3 rings (SSSR count). The predicted octanol–water partition coefficient (Wildman–Crippen LogP) is 3.74. The molecule has 3 N–H and O–H groups in total. The molecule has 0 saturated carbocycles. The fourth-order valence-electron chi connectivity index (χ4n) is 2.26. The van der Waals surface area contributed by atoms with Crippen molar-refractivity contribution in [2.24, 2.45) is 0 Å². The first-order chi connectivity index (χ1) is 9.74. The minimum absolute atomic E-state index is 0.710. The smallest absolute Gasteiger partial charge is 0.0951 e. The Morgan fingerprint density at radius 1 is 1.05 bits per heavy atom. The van der Waals surface area contributed by atoms with Gasteiger partial charge in [-0.1, -0.05) is 42.0 Å². The lowest BCUT2D eigenvalue weighted by atomic mass is 10.1. The van der Waals surface area contributed by atoms with Crippen LogP contribution in [0, 0.1) is 6.92 Å². The van der Waals surface area contributed by atoms with Crippen LogP contribution in [0.5, 0.6) is 0 Å². The van der Waals surface area contributed by atoms with Gasteiger partial charge in [0.1, 0.15) is 0 Å². The van der Waals surface area contributed by atoms with Gasteiger partial charge in [0.05, 0.1) is 11.2 Å². The number of nitrogens with one attached hydrogen (secondary N) is 1. The Labute approximate surface area is 118 Å². The van der Waals surface area contributed by atoms with Gasteiger partial charge in [-0.15, -0.1) is 0 Å². The van der Waals surface area contributed by atoms with Crippen molar-refractivity contribution >= 4 is 22.3 Å². The van der Waals surface area contributed by atoms with Gasteiger partial charge in [-0.25, -0.2) is 0 Å². The zero-order valence-electron chi connectivity index (χ0n) is 11.4. The minimum Gasteiger partial charge on any atom is -0.397 e. The summed E-state index contributed by atoms with van der Waals surface area (Å²) in [4.78, 5) is 4.34. The number of aromatic nitrogens is 1. The van der Waals surface area contributed by atoms with E-state index < -0.39 is 0 Å². The van der Waals surface area contributed by atoms with Crippen LogP contribution in [0.1, 0.15) is 11.1 Å². The molecule has 3 heteroatoms. The lowest BCUT2D eigenvalue weighted by molar-refractivity contribution is 1.15. The lowest BCUT2D eigenvalue weighted by Crippen LogP contribution is -2.01. The molecule has 0 radical (unpaired) electrons. The number of nitrogen functional groups attached to an aromatic ring is 1. The fourth-order valence-corrected chi connectivity index (χ4v) is 2.26. The summed E-state index contributed by atoms with van der Waals surface area (Å²) in [7, 11) is 0. The van der Waals surface area contributed by atoms with E-state index in [4.69, 9.17) is 5.73 Å². The van der Waals surface area contributed by atoms with Gasteiger partial charge < -0.3 is 11.1 Å². The third-order valence-corrected chi connectivity index (χ3v) is 3.41. The molecule has 0 spiro atoms. The first kappa shape index (κ1) is 12.5. The molecule has 0 bridgehead atoms. The Hall–Kier alpha value is -2.55. The largest absolute Gasteiger partial charge is 0.397 e. The van der Waals surface area contributed by atoms with Crippen molar-refractivity contribution in [3.05, 3.63) is 65.9 Å². The monoisotopic (exact) mass is 263 g/mol. The highest BCUT2D eigenvalue weighted by molar-refractivity contribution is 5.97. The maximum atomic E-state index is 5.96. The number of aryl methyl sites for hydroxylation is 1. The number of fused-ring (bicyclic) bond motifs is 1. The summed E-state index contributed by atoms with van der Waals surface area (Å²) in [5.74, 6) is 0. The standard InChI is InChI=1S/C17H17N3/c1-12-5-7-13(8-6-12)11-20-16-9-10-19-17-14(16)3-2-4-15(17)18/h2-10H,11,18H2,1H3,(H,19,20).